The van der Waals surface area contributed by atoms with Gasteiger partial charge in [-0.25, -0.2) is 9.97 Å². The lowest BCUT2D eigenvalue weighted by Crippen LogP contribution is -2.14. The van der Waals surface area contributed by atoms with Crippen LogP contribution in [0.25, 0.3) is 0 Å². The smallest absolute Gasteiger partial charge is 0.230 e. The van der Waals surface area contributed by atoms with E-state index in [1.165, 1.54) is 11.3 Å². The topological polar surface area (TPSA) is 88.2 Å². The Hall–Kier alpha value is -2.32. The highest BCUT2D eigenvalue weighted by Crippen LogP contribution is 2.38. The first-order valence-corrected chi connectivity index (χ1v) is 9.88. The first-order chi connectivity index (χ1) is 12.5. The average molecular weight is 390 g/mol. The molecule has 8 heteroatoms. The highest BCUT2D eigenvalue weighted by molar-refractivity contribution is 8.01. The van der Waals surface area contributed by atoms with Crippen molar-refractivity contribution in [3.8, 4) is 5.75 Å². The molecule has 0 aliphatic carbocycles. The minimum atomic E-state index is -0.217. The predicted octanol–water partition coefficient (Wildman–Crippen LogP) is 4.43. The molecule has 136 valence electrons. The standard InChI is InChI=1S/C18H19N3O3S2/c1-3-13-9-19-17(24-13)11(2)25-16-10-20-18(26-16)21-15(23)8-12-6-4-5-7-14(12)22/h4-7,9-11,22H,3,8H2,1-2H3,(H,20,21,23). The molecule has 3 rings (SSSR count). The number of nitrogens with one attached hydrogen (secondary N) is 1. The van der Waals surface area contributed by atoms with Crippen molar-refractivity contribution in [2.45, 2.75) is 36.1 Å². The Morgan fingerprint density at radius 1 is 1.35 bits per heavy atom. The quantitative estimate of drug-likeness (QED) is 0.581. The molecule has 0 aliphatic rings. The second-order valence-corrected chi connectivity index (χ2v) is 8.29. The molecular formula is C18H19N3O3S2. The van der Waals surface area contributed by atoms with Gasteiger partial charge in [0, 0.05) is 12.0 Å². The third-order valence-electron chi connectivity index (χ3n) is 3.63. The number of thioether (sulfide) groups is 1. The molecule has 1 unspecified atom stereocenters. The van der Waals surface area contributed by atoms with E-state index >= 15 is 0 Å². The number of anilines is 1. The monoisotopic (exact) mass is 389 g/mol. The summed E-state index contributed by atoms with van der Waals surface area (Å²) in [5.41, 5.74) is 0.584. The Labute approximate surface area is 159 Å². The Balaban J connectivity index is 1.57. The van der Waals surface area contributed by atoms with Crippen molar-refractivity contribution in [1.29, 1.82) is 0 Å². The number of para-hydroxylation sites is 1. The number of hydrogen-bond donors (Lipinski definition) is 2. The summed E-state index contributed by atoms with van der Waals surface area (Å²) in [4.78, 5) is 20.7. The molecule has 2 heterocycles. The molecular weight excluding hydrogens is 370 g/mol. The number of carbonyl (C=O) groups excluding carboxylic acids is 1. The fourth-order valence-corrected chi connectivity index (χ4v) is 4.37. The van der Waals surface area contributed by atoms with E-state index in [1.54, 1.807) is 48.4 Å². The first kappa shape index (κ1) is 18.5. The molecule has 0 saturated heterocycles. The lowest BCUT2D eigenvalue weighted by atomic mass is 10.1. The number of carbonyl (C=O) groups is 1. The minimum Gasteiger partial charge on any atom is -0.508 e. The van der Waals surface area contributed by atoms with Crippen LogP contribution in [-0.4, -0.2) is 21.0 Å². The third kappa shape index (κ3) is 4.64. The summed E-state index contributed by atoms with van der Waals surface area (Å²) < 4.78 is 6.64. The number of hydrogen-bond acceptors (Lipinski definition) is 7. The number of phenols is 1. The maximum atomic E-state index is 12.1. The molecule has 1 aromatic carbocycles. The normalized spacial score (nSPS) is 12.1. The second kappa shape index (κ2) is 8.37. The summed E-state index contributed by atoms with van der Waals surface area (Å²) >= 11 is 2.98. The van der Waals surface area contributed by atoms with Gasteiger partial charge in [0.2, 0.25) is 11.8 Å². The van der Waals surface area contributed by atoms with Crippen molar-refractivity contribution in [1.82, 2.24) is 9.97 Å². The van der Waals surface area contributed by atoms with E-state index in [4.69, 9.17) is 4.42 Å². The van der Waals surface area contributed by atoms with Crippen LogP contribution in [0.4, 0.5) is 5.13 Å². The van der Waals surface area contributed by atoms with Gasteiger partial charge >= 0.3 is 0 Å². The Bertz CT molecular complexity index is 891. The van der Waals surface area contributed by atoms with Gasteiger partial charge < -0.3 is 14.8 Å². The highest BCUT2D eigenvalue weighted by Gasteiger charge is 2.16. The van der Waals surface area contributed by atoms with E-state index in [0.717, 1.165) is 16.4 Å². The largest absolute Gasteiger partial charge is 0.508 e. The molecule has 0 radical (unpaired) electrons. The molecule has 2 aromatic heterocycles. The van der Waals surface area contributed by atoms with Crippen LogP contribution in [0.1, 0.15) is 36.3 Å². The summed E-state index contributed by atoms with van der Waals surface area (Å²) in [5.74, 6) is 1.45. The zero-order chi connectivity index (χ0) is 18.5. The first-order valence-electron chi connectivity index (χ1n) is 8.19. The fraction of sp³-hybridized carbons (Fsp3) is 0.278. The number of benzene rings is 1. The fourth-order valence-electron chi connectivity index (χ4n) is 2.27. The second-order valence-electron chi connectivity index (χ2n) is 5.62. The molecule has 1 atom stereocenters. The number of nitrogens with zero attached hydrogens (tertiary/aromatic N) is 2. The van der Waals surface area contributed by atoms with Crippen LogP contribution >= 0.6 is 23.1 Å². The molecule has 1 amide bonds. The van der Waals surface area contributed by atoms with Crippen LogP contribution in [0.3, 0.4) is 0 Å². The molecule has 3 aromatic rings. The third-order valence-corrected chi connectivity index (χ3v) is 5.77. The Morgan fingerprint density at radius 3 is 2.88 bits per heavy atom. The summed E-state index contributed by atoms with van der Waals surface area (Å²) in [6, 6.07) is 6.80. The zero-order valence-electron chi connectivity index (χ0n) is 14.4. The number of thiazole rings is 1. The van der Waals surface area contributed by atoms with Crippen molar-refractivity contribution >= 4 is 34.1 Å². The summed E-state index contributed by atoms with van der Waals surface area (Å²) in [7, 11) is 0. The van der Waals surface area contributed by atoms with E-state index in [0.29, 0.717) is 16.6 Å². The molecule has 0 bridgehead atoms. The van der Waals surface area contributed by atoms with Crippen LogP contribution in [-0.2, 0) is 17.6 Å². The van der Waals surface area contributed by atoms with Gasteiger partial charge in [0.05, 0.1) is 28.3 Å². The van der Waals surface area contributed by atoms with Crippen LogP contribution < -0.4 is 5.32 Å². The van der Waals surface area contributed by atoms with Gasteiger partial charge in [-0.3, -0.25) is 4.79 Å². The molecule has 0 spiro atoms. The van der Waals surface area contributed by atoms with Crippen LogP contribution in [0.15, 0.2) is 45.3 Å². The number of aryl methyl sites for hydroxylation is 1. The van der Waals surface area contributed by atoms with Crippen LogP contribution in [0.5, 0.6) is 5.75 Å². The summed E-state index contributed by atoms with van der Waals surface area (Å²) in [6.45, 7) is 4.04. The van der Waals surface area contributed by atoms with E-state index in [2.05, 4.69) is 15.3 Å². The number of rotatable bonds is 7. The van der Waals surface area contributed by atoms with Gasteiger partial charge in [0.25, 0.3) is 0 Å². The maximum Gasteiger partial charge on any atom is 0.230 e. The van der Waals surface area contributed by atoms with Gasteiger partial charge in [-0.15, -0.1) is 11.8 Å². The van der Waals surface area contributed by atoms with E-state index < -0.39 is 0 Å². The van der Waals surface area contributed by atoms with Crippen molar-refractivity contribution in [3.63, 3.8) is 0 Å². The summed E-state index contributed by atoms with van der Waals surface area (Å²) in [6.07, 6.45) is 4.40. The molecule has 6 nitrogen and oxygen atoms in total. The van der Waals surface area contributed by atoms with Crippen molar-refractivity contribution in [2.75, 3.05) is 5.32 Å². The molecule has 2 N–H and O–H groups in total. The maximum absolute atomic E-state index is 12.1. The van der Waals surface area contributed by atoms with Gasteiger partial charge in [0.1, 0.15) is 11.5 Å². The lowest BCUT2D eigenvalue weighted by Gasteiger charge is -2.05. The van der Waals surface area contributed by atoms with Gasteiger partial charge in [-0.1, -0.05) is 36.5 Å². The SMILES string of the molecule is CCc1cnc(C(C)Sc2cnc(NC(=O)Cc3ccccc3O)s2)o1. The van der Waals surface area contributed by atoms with E-state index in [9.17, 15) is 9.90 Å². The van der Waals surface area contributed by atoms with E-state index in [1.807, 2.05) is 13.8 Å². The zero-order valence-corrected chi connectivity index (χ0v) is 16.1. The Morgan fingerprint density at radius 2 is 2.15 bits per heavy atom. The van der Waals surface area contributed by atoms with Crippen molar-refractivity contribution in [2.24, 2.45) is 0 Å². The van der Waals surface area contributed by atoms with E-state index in [-0.39, 0.29) is 23.3 Å². The van der Waals surface area contributed by atoms with Gasteiger partial charge in [-0.2, -0.15) is 0 Å². The number of phenolic OH excluding ortho intramolecular Hbond substituents is 1. The van der Waals surface area contributed by atoms with Gasteiger partial charge in [-0.05, 0) is 13.0 Å². The molecule has 0 fully saturated rings. The number of oxazole rings is 1. The molecule has 0 aliphatic heterocycles. The van der Waals surface area contributed by atoms with Crippen LogP contribution in [0, 0.1) is 0 Å². The number of aromatic hydroxyl groups is 1. The highest BCUT2D eigenvalue weighted by atomic mass is 32.2. The molecule has 0 saturated carbocycles. The number of aromatic nitrogens is 2. The van der Waals surface area contributed by atoms with Crippen molar-refractivity contribution in [3.05, 3.63) is 53.9 Å². The number of amides is 1. The average Bonchev–Trinajstić information content (AvgIpc) is 3.26. The van der Waals surface area contributed by atoms with Gasteiger partial charge in [0.15, 0.2) is 5.13 Å². The Kier molecular flexibility index (Phi) is 5.95. The minimum absolute atomic E-state index is 0.0561. The van der Waals surface area contributed by atoms with Crippen molar-refractivity contribution < 1.29 is 14.3 Å². The summed E-state index contributed by atoms with van der Waals surface area (Å²) in [5, 5.41) is 13.1. The predicted molar refractivity (Wildman–Crippen MR) is 103 cm³/mol. The van der Waals surface area contributed by atoms with Crippen LogP contribution in [0.2, 0.25) is 0 Å². The molecule has 26 heavy (non-hydrogen) atoms. The lowest BCUT2D eigenvalue weighted by molar-refractivity contribution is -0.115.